The van der Waals surface area contributed by atoms with Crippen LogP contribution < -0.4 is 0 Å². The number of aromatic nitrogens is 2. The third-order valence-electron chi connectivity index (χ3n) is 4.09. The van der Waals surface area contributed by atoms with Crippen LogP contribution in [0.15, 0.2) is 0 Å². The SMILES string of the molecule is Cc1n[nH]c(C)c1CC(C)C(=O)N1CCSC(C)CC1. The summed E-state index contributed by atoms with van der Waals surface area (Å²) in [5.41, 5.74) is 3.30. The lowest BCUT2D eigenvalue weighted by Crippen LogP contribution is -2.37. The molecule has 1 aromatic rings. The van der Waals surface area contributed by atoms with Crippen molar-refractivity contribution in [2.75, 3.05) is 18.8 Å². The van der Waals surface area contributed by atoms with Gasteiger partial charge in [0.15, 0.2) is 0 Å². The van der Waals surface area contributed by atoms with Gasteiger partial charge in [-0.15, -0.1) is 0 Å². The van der Waals surface area contributed by atoms with Crippen LogP contribution in [0.5, 0.6) is 0 Å². The van der Waals surface area contributed by atoms with Gasteiger partial charge in [0.05, 0.1) is 5.69 Å². The van der Waals surface area contributed by atoms with Gasteiger partial charge in [0.1, 0.15) is 0 Å². The molecular formula is C15H25N3OS. The Labute approximate surface area is 125 Å². The average molecular weight is 295 g/mol. The second kappa shape index (κ2) is 6.66. The number of H-pyrrole nitrogens is 1. The number of carbonyl (C=O) groups is 1. The third kappa shape index (κ3) is 3.57. The van der Waals surface area contributed by atoms with E-state index in [9.17, 15) is 4.79 Å². The molecule has 0 saturated carbocycles. The molecule has 0 aliphatic carbocycles. The molecule has 2 rings (SSSR count). The number of carbonyl (C=O) groups excluding carboxylic acids is 1. The molecule has 2 atom stereocenters. The molecule has 2 heterocycles. The van der Waals surface area contributed by atoms with Crippen molar-refractivity contribution in [1.29, 1.82) is 0 Å². The smallest absolute Gasteiger partial charge is 0.225 e. The van der Waals surface area contributed by atoms with E-state index in [0.29, 0.717) is 11.2 Å². The standard InChI is InChI=1S/C15H25N3OS/c1-10(9-14-12(3)16-17-13(14)4)15(19)18-6-5-11(2)20-8-7-18/h10-11H,5-9H2,1-4H3,(H,16,17). The summed E-state index contributed by atoms with van der Waals surface area (Å²) in [6.45, 7) is 10.1. The molecule has 1 aromatic heterocycles. The molecule has 1 aliphatic heterocycles. The lowest BCUT2D eigenvalue weighted by Gasteiger charge is -2.24. The quantitative estimate of drug-likeness (QED) is 0.932. The number of hydrogen-bond donors (Lipinski definition) is 1. The van der Waals surface area contributed by atoms with E-state index in [1.807, 2.05) is 37.4 Å². The fraction of sp³-hybridized carbons (Fsp3) is 0.733. The maximum absolute atomic E-state index is 12.6. The van der Waals surface area contributed by atoms with Crippen molar-refractivity contribution in [3.63, 3.8) is 0 Å². The van der Waals surface area contributed by atoms with Crippen molar-refractivity contribution in [3.8, 4) is 0 Å². The molecule has 0 aromatic carbocycles. The van der Waals surface area contributed by atoms with Crippen LogP contribution in [-0.2, 0) is 11.2 Å². The number of rotatable bonds is 3. The van der Waals surface area contributed by atoms with Gasteiger partial charge in [0, 0.05) is 35.7 Å². The van der Waals surface area contributed by atoms with Gasteiger partial charge in [-0.25, -0.2) is 0 Å². The minimum absolute atomic E-state index is 0.0309. The van der Waals surface area contributed by atoms with Crippen molar-refractivity contribution in [2.24, 2.45) is 5.92 Å². The first-order chi connectivity index (χ1) is 9.49. The van der Waals surface area contributed by atoms with E-state index in [4.69, 9.17) is 0 Å². The number of aryl methyl sites for hydroxylation is 2. The Morgan fingerprint density at radius 2 is 2.25 bits per heavy atom. The zero-order chi connectivity index (χ0) is 14.7. The van der Waals surface area contributed by atoms with E-state index < -0.39 is 0 Å². The highest BCUT2D eigenvalue weighted by molar-refractivity contribution is 7.99. The maximum Gasteiger partial charge on any atom is 0.225 e. The normalized spacial score (nSPS) is 21.6. The molecule has 0 radical (unpaired) electrons. The summed E-state index contributed by atoms with van der Waals surface area (Å²) in [6, 6.07) is 0. The number of nitrogens with one attached hydrogen (secondary N) is 1. The van der Waals surface area contributed by atoms with Crippen LogP contribution in [0.3, 0.4) is 0 Å². The zero-order valence-corrected chi connectivity index (χ0v) is 13.7. The second-order valence-corrected chi connectivity index (χ2v) is 7.36. The number of thioether (sulfide) groups is 1. The summed E-state index contributed by atoms with van der Waals surface area (Å²) in [5.74, 6) is 1.38. The molecule has 1 aliphatic rings. The van der Waals surface area contributed by atoms with Crippen molar-refractivity contribution in [2.45, 2.75) is 45.8 Å². The summed E-state index contributed by atoms with van der Waals surface area (Å²) >= 11 is 1.97. The van der Waals surface area contributed by atoms with Gasteiger partial charge >= 0.3 is 0 Å². The second-order valence-electron chi connectivity index (χ2n) is 5.81. The Hall–Kier alpha value is -0.970. The predicted octanol–water partition coefficient (Wildman–Crippen LogP) is 2.56. The van der Waals surface area contributed by atoms with Crippen LogP contribution in [0, 0.1) is 19.8 Å². The molecule has 2 unspecified atom stereocenters. The number of amides is 1. The summed E-state index contributed by atoms with van der Waals surface area (Å²) in [5, 5.41) is 7.88. The molecule has 5 heteroatoms. The molecule has 1 N–H and O–H groups in total. The van der Waals surface area contributed by atoms with Crippen molar-refractivity contribution in [3.05, 3.63) is 17.0 Å². The molecule has 1 saturated heterocycles. The van der Waals surface area contributed by atoms with Crippen LogP contribution >= 0.6 is 11.8 Å². The van der Waals surface area contributed by atoms with Gasteiger partial charge in [-0.2, -0.15) is 16.9 Å². The highest BCUT2D eigenvalue weighted by Crippen LogP contribution is 2.21. The first kappa shape index (κ1) is 15.4. The van der Waals surface area contributed by atoms with Gasteiger partial charge in [0.25, 0.3) is 0 Å². The molecule has 1 fully saturated rings. The highest BCUT2D eigenvalue weighted by atomic mass is 32.2. The Morgan fingerprint density at radius 1 is 1.50 bits per heavy atom. The van der Waals surface area contributed by atoms with Crippen LogP contribution in [-0.4, -0.2) is 45.1 Å². The molecule has 112 valence electrons. The molecule has 0 spiro atoms. The van der Waals surface area contributed by atoms with Gasteiger partial charge in [0.2, 0.25) is 5.91 Å². The predicted molar refractivity (Wildman–Crippen MR) is 84.0 cm³/mol. The van der Waals surface area contributed by atoms with Crippen molar-refractivity contribution in [1.82, 2.24) is 15.1 Å². The minimum Gasteiger partial charge on any atom is -0.342 e. The van der Waals surface area contributed by atoms with E-state index in [2.05, 4.69) is 17.1 Å². The Morgan fingerprint density at radius 3 is 2.90 bits per heavy atom. The maximum atomic E-state index is 12.6. The van der Waals surface area contributed by atoms with Gasteiger partial charge in [-0.1, -0.05) is 13.8 Å². The Bertz CT molecular complexity index is 452. The van der Waals surface area contributed by atoms with Crippen LogP contribution in [0.2, 0.25) is 0 Å². The molecular weight excluding hydrogens is 270 g/mol. The fourth-order valence-electron chi connectivity index (χ4n) is 2.70. The minimum atomic E-state index is 0.0309. The van der Waals surface area contributed by atoms with Gasteiger partial charge in [-0.05, 0) is 32.3 Å². The summed E-state index contributed by atoms with van der Waals surface area (Å²) in [4.78, 5) is 14.6. The lowest BCUT2D eigenvalue weighted by atomic mass is 9.98. The van der Waals surface area contributed by atoms with Crippen LogP contribution in [0.1, 0.15) is 37.2 Å². The number of hydrogen-bond acceptors (Lipinski definition) is 3. The largest absolute Gasteiger partial charge is 0.342 e. The molecule has 0 bridgehead atoms. The van der Waals surface area contributed by atoms with E-state index in [1.165, 1.54) is 5.56 Å². The average Bonchev–Trinajstić information content (AvgIpc) is 2.63. The van der Waals surface area contributed by atoms with Crippen LogP contribution in [0.4, 0.5) is 0 Å². The molecule has 20 heavy (non-hydrogen) atoms. The first-order valence-corrected chi connectivity index (χ1v) is 8.44. The van der Waals surface area contributed by atoms with E-state index in [0.717, 1.165) is 43.1 Å². The topological polar surface area (TPSA) is 49.0 Å². The van der Waals surface area contributed by atoms with Crippen LogP contribution in [0.25, 0.3) is 0 Å². The number of nitrogens with zero attached hydrogens (tertiary/aromatic N) is 2. The summed E-state index contributed by atoms with van der Waals surface area (Å²) < 4.78 is 0. The van der Waals surface area contributed by atoms with Crippen molar-refractivity contribution >= 4 is 17.7 Å². The summed E-state index contributed by atoms with van der Waals surface area (Å²) in [6.07, 6.45) is 1.89. The Kier molecular flexibility index (Phi) is 5.13. The van der Waals surface area contributed by atoms with E-state index in [1.54, 1.807) is 0 Å². The summed E-state index contributed by atoms with van der Waals surface area (Å²) in [7, 11) is 0. The molecule has 4 nitrogen and oxygen atoms in total. The molecule has 1 amide bonds. The van der Waals surface area contributed by atoms with E-state index in [-0.39, 0.29) is 5.92 Å². The zero-order valence-electron chi connectivity index (χ0n) is 12.9. The monoisotopic (exact) mass is 295 g/mol. The van der Waals surface area contributed by atoms with Gasteiger partial charge in [-0.3, -0.25) is 9.89 Å². The lowest BCUT2D eigenvalue weighted by molar-refractivity contribution is -0.134. The van der Waals surface area contributed by atoms with Crippen molar-refractivity contribution < 1.29 is 4.79 Å². The first-order valence-electron chi connectivity index (χ1n) is 7.40. The van der Waals surface area contributed by atoms with E-state index >= 15 is 0 Å². The highest BCUT2D eigenvalue weighted by Gasteiger charge is 2.24. The third-order valence-corrected chi connectivity index (χ3v) is 5.32. The Balaban J connectivity index is 1.98. The number of aromatic amines is 1. The fourth-order valence-corrected chi connectivity index (χ4v) is 3.70. The van der Waals surface area contributed by atoms with Gasteiger partial charge < -0.3 is 4.90 Å².